The Bertz CT molecular complexity index is 60.1. The van der Waals surface area contributed by atoms with E-state index in [1.807, 2.05) is 0 Å². The lowest BCUT2D eigenvalue weighted by atomic mass is 10.6. The molecule has 0 aliphatic heterocycles. The Morgan fingerprint density at radius 3 is 1.67 bits per heavy atom. The molecule has 0 rings (SSSR count). The van der Waals surface area contributed by atoms with Gasteiger partial charge in [-0.25, -0.2) is 0 Å². The molecule has 0 aromatic heterocycles. The van der Waals surface area contributed by atoms with Crippen LogP contribution in [0.4, 0.5) is 0 Å². The molecule has 0 saturated carbocycles. The Hall–Kier alpha value is 1.08. The van der Waals surface area contributed by atoms with Crippen molar-refractivity contribution >= 4 is 28.0 Å². The van der Waals surface area contributed by atoms with Crippen LogP contribution in [0.2, 0.25) is 0 Å². The zero-order valence-corrected chi connectivity index (χ0v) is 9.53. The van der Waals surface area contributed by atoms with Crippen LogP contribution in [0.15, 0.2) is 0 Å². The maximum absolute atomic E-state index is 2.91. The van der Waals surface area contributed by atoms with Crippen molar-refractivity contribution in [3.8, 4) is 0 Å². The molecule has 0 fully saturated rings. The van der Waals surface area contributed by atoms with Crippen molar-refractivity contribution in [1.82, 2.24) is 0 Å². The van der Waals surface area contributed by atoms with Crippen molar-refractivity contribution < 1.29 is 0 Å². The van der Waals surface area contributed by atoms with Gasteiger partial charge in [-0.3, -0.25) is 0 Å². The molecule has 54 valence electrons. The molecule has 3 heteroatoms. The van der Waals surface area contributed by atoms with E-state index in [0.717, 1.165) is 20.1 Å². The summed E-state index contributed by atoms with van der Waals surface area (Å²) in [6, 6.07) is 0. The Morgan fingerprint density at radius 2 is 1.44 bits per heavy atom. The summed E-state index contributed by atoms with van der Waals surface area (Å²) in [5.74, 6) is 0. The molecule has 0 spiro atoms. The Morgan fingerprint density at radius 1 is 1.11 bits per heavy atom. The van der Waals surface area contributed by atoms with Crippen LogP contribution >= 0.6 is 18.5 Å². The largest absolute Gasteiger partial charge is 0.138 e. The van der Waals surface area contributed by atoms with Crippen molar-refractivity contribution in [3.63, 3.8) is 0 Å². The monoisotopic (exact) mass is 178 g/mol. The van der Waals surface area contributed by atoms with E-state index >= 15 is 0 Å². The van der Waals surface area contributed by atoms with Gasteiger partial charge in [0.15, 0.2) is 0 Å². The molecule has 0 aliphatic rings. The second-order valence-corrected chi connectivity index (χ2v) is 6.96. The molecule has 0 heterocycles. The first-order chi connectivity index (χ1) is 4.20. The summed E-state index contributed by atoms with van der Waals surface area (Å²) in [6.45, 7) is 4.50. The van der Waals surface area contributed by atoms with Gasteiger partial charge in [-0.15, -0.1) is 18.5 Å². The van der Waals surface area contributed by atoms with E-state index in [1.54, 1.807) is 0 Å². The minimum absolute atomic E-state index is 0.854. The van der Waals surface area contributed by atoms with E-state index in [-0.39, 0.29) is 0 Å². The van der Waals surface area contributed by atoms with Gasteiger partial charge in [0.05, 0.1) is 9.52 Å². The van der Waals surface area contributed by atoms with Crippen LogP contribution < -0.4 is 0 Å². The van der Waals surface area contributed by atoms with Gasteiger partial charge in [-0.1, -0.05) is 26.7 Å². The molecule has 9 heavy (non-hydrogen) atoms. The topological polar surface area (TPSA) is 0 Å². The van der Waals surface area contributed by atoms with Crippen LogP contribution in [0, 0.1) is 0 Å². The van der Waals surface area contributed by atoms with Crippen molar-refractivity contribution in [3.05, 3.63) is 0 Å². The van der Waals surface area contributed by atoms with Gasteiger partial charge in [0, 0.05) is 0 Å². The third-order valence-corrected chi connectivity index (χ3v) is 5.08. The lowest BCUT2D eigenvalue weighted by molar-refractivity contribution is 0.984. The summed E-state index contributed by atoms with van der Waals surface area (Å²) in [5, 5.41) is 1.71. The molecule has 0 nitrogen and oxygen atoms in total. The third-order valence-electron chi connectivity index (χ3n) is 1.31. The van der Waals surface area contributed by atoms with Crippen molar-refractivity contribution in [2.75, 3.05) is 0 Å². The molecular formula is C6H16P2Si. The van der Waals surface area contributed by atoms with Crippen LogP contribution in [0.25, 0.3) is 0 Å². The molecule has 0 aromatic carbocycles. The average molecular weight is 178 g/mol. The second-order valence-electron chi connectivity index (χ2n) is 2.20. The van der Waals surface area contributed by atoms with E-state index in [9.17, 15) is 0 Å². The van der Waals surface area contributed by atoms with E-state index < -0.39 is 0 Å². The third kappa shape index (κ3) is 5.52. The zero-order chi connectivity index (χ0) is 7.28. The lowest BCUT2D eigenvalue weighted by Crippen LogP contribution is -2.18. The summed E-state index contributed by atoms with van der Waals surface area (Å²) in [6.07, 6.45) is 2.60. The average Bonchev–Trinajstić information content (AvgIpc) is 1.87. The van der Waals surface area contributed by atoms with Crippen LogP contribution in [0.1, 0.15) is 26.7 Å². The fourth-order valence-electron chi connectivity index (χ4n) is 0.511. The molecule has 0 bridgehead atoms. The van der Waals surface area contributed by atoms with Gasteiger partial charge in [0.25, 0.3) is 0 Å². The molecular weight excluding hydrogens is 162 g/mol. The molecule has 0 aliphatic carbocycles. The fourth-order valence-corrected chi connectivity index (χ4v) is 3.68. The van der Waals surface area contributed by atoms with E-state index in [1.165, 1.54) is 12.8 Å². The van der Waals surface area contributed by atoms with Crippen molar-refractivity contribution in [2.24, 2.45) is 0 Å². The first kappa shape index (κ1) is 10.1. The van der Waals surface area contributed by atoms with Gasteiger partial charge in [0.2, 0.25) is 0 Å². The normalized spacial score (nSPS) is 17.3. The highest BCUT2D eigenvalue weighted by Gasteiger charge is 2.05. The molecule has 0 saturated heterocycles. The number of hydrogen-bond donors (Lipinski definition) is 0. The fraction of sp³-hybridized carbons (Fsp3) is 1.00. The minimum Gasteiger partial charge on any atom is -0.138 e. The zero-order valence-electron chi connectivity index (χ0n) is 6.22. The van der Waals surface area contributed by atoms with E-state index in [2.05, 4.69) is 32.3 Å². The van der Waals surface area contributed by atoms with Crippen molar-refractivity contribution in [2.45, 2.75) is 37.3 Å². The smallest absolute Gasteiger partial charge is 0.0549 e. The molecule has 4 unspecified atom stereocenters. The number of rotatable bonds is 4. The van der Waals surface area contributed by atoms with Crippen LogP contribution in [0.5, 0.6) is 0 Å². The molecule has 2 radical (unpaired) electrons. The first-order valence-electron chi connectivity index (χ1n) is 3.47. The summed E-state index contributed by atoms with van der Waals surface area (Å²) in [5.41, 5.74) is 0. The predicted octanol–water partition coefficient (Wildman–Crippen LogP) is 1.91. The van der Waals surface area contributed by atoms with E-state index in [0.29, 0.717) is 0 Å². The lowest BCUT2D eigenvalue weighted by Gasteiger charge is -2.11. The van der Waals surface area contributed by atoms with E-state index in [4.69, 9.17) is 0 Å². The van der Waals surface area contributed by atoms with Gasteiger partial charge in [0.1, 0.15) is 0 Å². The summed E-state index contributed by atoms with van der Waals surface area (Å²) in [7, 11) is 6.92. The van der Waals surface area contributed by atoms with Gasteiger partial charge in [-0.2, -0.15) is 0 Å². The van der Waals surface area contributed by atoms with Gasteiger partial charge in [-0.05, 0) is 10.6 Å². The standard InChI is InChI=1S/C6H16P2Si/c1-3-5(7)9-6(8)4-2/h5-6H,3-4,7-8H2,1-2H3. The molecule has 0 amide bonds. The molecule has 4 atom stereocenters. The Balaban J connectivity index is 3.22. The summed E-state index contributed by atoms with van der Waals surface area (Å²) in [4.78, 5) is 0. The molecule has 0 N–H and O–H groups in total. The maximum atomic E-state index is 2.91. The van der Waals surface area contributed by atoms with Crippen LogP contribution in [-0.2, 0) is 0 Å². The number of hydrogen-bond acceptors (Lipinski definition) is 0. The maximum Gasteiger partial charge on any atom is 0.0549 e. The highest BCUT2D eigenvalue weighted by molar-refractivity contribution is 7.26. The second kappa shape index (κ2) is 5.83. The predicted molar refractivity (Wildman–Crippen MR) is 53.3 cm³/mol. The summed E-state index contributed by atoms with van der Waals surface area (Å²) >= 11 is 0. The highest BCUT2D eigenvalue weighted by Crippen LogP contribution is 2.11. The molecule has 0 aromatic rings. The van der Waals surface area contributed by atoms with Crippen LogP contribution in [0.3, 0.4) is 0 Å². The van der Waals surface area contributed by atoms with Crippen LogP contribution in [-0.4, -0.2) is 20.1 Å². The Kier molecular flexibility index (Phi) is 6.53. The summed E-state index contributed by atoms with van der Waals surface area (Å²) < 4.78 is 0. The Labute approximate surface area is 65.8 Å². The van der Waals surface area contributed by atoms with Gasteiger partial charge >= 0.3 is 0 Å². The highest BCUT2D eigenvalue weighted by atomic mass is 31.0. The SMILES string of the molecule is CCC(P)[Si]C(P)CC. The van der Waals surface area contributed by atoms with Gasteiger partial charge < -0.3 is 0 Å². The minimum atomic E-state index is 0.854. The first-order valence-corrected chi connectivity index (χ1v) is 5.96. The van der Waals surface area contributed by atoms with Crippen molar-refractivity contribution in [1.29, 1.82) is 0 Å². The quantitative estimate of drug-likeness (QED) is 0.455.